The maximum Gasteiger partial charge on any atom is 0.0572 e. The average molecular weight is 135 g/mol. The van der Waals surface area contributed by atoms with Gasteiger partial charge in [0, 0.05) is 11.8 Å². The predicted octanol–water partition coefficient (Wildman–Crippen LogP) is 0.970. The van der Waals surface area contributed by atoms with E-state index in [1.165, 1.54) is 6.21 Å². The van der Waals surface area contributed by atoms with Crippen LogP contribution in [-0.4, -0.2) is 6.21 Å². The van der Waals surface area contributed by atoms with Gasteiger partial charge in [-0.1, -0.05) is 18.2 Å². The van der Waals surface area contributed by atoms with Crippen molar-refractivity contribution in [1.29, 1.82) is 5.41 Å². The smallest absolute Gasteiger partial charge is 0.0572 e. The molecule has 3 heteroatoms. The molecular formula is C7H9N3. The molecule has 4 N–H and O–H groups in total. The van der Waals surface area contributed by atoms with E-state index in [0.29, 0.717) is 0 Å². The Morgan fingerprint density at radius 2 is 2.10 bits per heavy atom. The molecule has 0 radical (unpaired) electrons. The van der Waals surface area contributed by atoms with Crippen molar-refractivity contribution >= 4 is 11.9 Å². The first-order valence-electron chi connectivity index (χ1n) is 2.94. The van der Waals surface area contributed by atoms with Crippen LogP contribution in [0.15, 0.2) is 24.3 Å². The largest absolute Gasteiger partial charge is 0.323 e. The fraction of sp³-hybridized carbons (Fsp3) is 0. The fourth-order valence-electron chi connectivity index (χ4n) is 0.754. The molecule has 0 bridgehead atoms. The van der Waals surface area contributed by atoms with Crippen molar-refractivity contribution in [2.45, 2.75) is 0 Å². The summed E-state index contributed by atoms with van der Waals surface area (Å²) in [5, 5.41) is 6.97. The molecule has 0 saturated carbocycles. The average Bonchev–Trinajstić information content (AvgIpc) is 2.04. The summed E-state index contributed by atoms with van der Waals surface area (Å²) in [7, 11) is 0. The van der Waals surface area contributed by atoms with Gasteiger partial charge < -0.3 is 10.8 Å². The van der Waals surface area contributed by atoms with E-state index in [9.17, 15) is 0 Å². The summed E-state index contributed by atoms with van der Waals surface area (Å²) in [5.41, 5.74) is 4.07. The lowest BCUT2D eigenvalue weighted by Crippen LogP contribution is -2.08. The molecule has 0 aliphatic heterocycles. The third-order valence-corrected chi connectivity index (χ3v) is 1.27. The molecule has 0 amide bonds. The first-order valence-corrected chi connectivity index (χ1v) is 2.94. The molecule has 0 unspecified atom stereocenters. The van der Waals surface area contributed by atoms with Crippen LogP contribution in [0.1, 0.15) is 5.56 Å². The highest BCUT2D eigenvalue weighted by Crippen LogP contribution is 2.09. The lowest BCUT2D eigenvalue weighted by molar-refractivity contribution is 1.34. The lowest BCUT2D eigenvalue weighted by Gasteiger charge is -2.01. The highest BCUT2D eigenvalue weighted by Gasteiger charge is 1.92. The van der Waals surface area contributed by atoms with E-state index in [2.05, 4.69) is 5.43 Å². The van der Waals surface area contributed by atoms with Crippen molar-refractivity contribution in [3.8, 4) is 0 Å². The van der Waals surface area contributed by atoms with E-state index >= 15 is 0 Å². The van der Waals surface area contributed by atoms with Crippen LogP contribution >= 0.6 is 0 Å². The minimum absolute atomic E-state index is 0.775. The zero-order chi connectivity index (χ0) is 7.40. The minimum atomic E-state index is 0.775. The van der Waals surface area contributed by atoms with Crippen molar-refractivity contribution in [3.05, 3.63) is 29.8 Å². The van der Waals surface area contributed by atoms with Gasteiger partial charge >= 0.3 is 0 Å². The summed E-state index contributed by atoms with van der Waals surface area (Å²) in [4.78, 5) is 0. The van der Waals surface area contributed by atoms with Crippen LogP contribution in [0.25, 0.3) is 0 Å². The number of hydrazine groups is 1. The number of anilines is 1. The molecule has 0 atom stereocenters. The second kappa shape index (κ2) is 2.98. The number of nitrogens with one attached hydrogen (secondary N) is 2. The molecule has 1 rings (SSSR count). The fourth-order valence-corrected chi connectivity index (χ4v) is 0.754. The summed E-state index contributed by atoms with van der Waals surface area (Å²) < 4.78 is 0. The van der Waals surface area contributed by atoms with Gasteiger partial charge in [-0.05, 0) is 6.07 Å². The number of benzene rings is 1. The van der Waals surface area contributed by atoms with Gasteiger partial charge in [-0.3, -0.25) is 5.84 Å². The van der Waals surface area contributed by atoms with Crippen molar-refractivity contribution in [3.63, 3.8) is 0 Å². The standard InChI is InChI=1S/C7H9N3/c8-5-6-3-1-2-4-7(6)10-9/h1-5,8,10H,9H2. The Labute approximate surface area is 59.3 Å². The van der Waals surface area contributed by atoms with Crippen LogP contribution < -0.4 is 11.3 Å². The van der Waals surface area contributed by atoms with E-state index in [1.807, 2.05) is 24.3 Å². The summed E-state index contributed by atoms with van der Waals surface area (Å²) >= 11 is 0. The van der Waals surface area contributed by atoms with E-state index in [1.54, 1.807) is 0 Å². The normalized spacial score (nSPS) is 8.90. The number of hydrogen-bond acceptors (Lipinski definition) is 3. The molecule has 0 spiro atoms. The Morgan fingerprint density at radius 3 is 2.60 bits per heavy atom. The van der Waals surface area contributed by atoms with Crippen molar-refractivity contribution < 1.29 is 0 Å². The lowest BCUT2D eigenvalue weighted by atomic mass is 10.2. The van der Waals surface area contributed by atoms with Gasteiger partial charge in [-0.15, -0.1) is 0 Å². The second-order valence-corrected chi connectivity index (χ2v) is 1.88. The number of nitrogen functional groups attached to an aromatic ring is 1. The first-order chi connectivity index (χ1) is 4.88. The van der Waals surface area contributed by atoms with Gasteiger partial charge in [-0.25, -0.2) is 0 Å². The third kappa shape index (κ3) is 1.14. The Balaban J connectivity index is 3.08. The van der Waals surface area contributed by atoms with Crippen LogP contribution in [0.4, 0.5) is 5.69 Å². The molecule has 52 valence electrons. The van der Waals surface area contributed by atoms with Crippen molar-refractivity contribution in [2.24, 2.45) is 5.84 Å². The van der Waals surface area contributed by atoms with E-state index < -0.39 is 0 Å². The van der Waals surface area contributed by atoms with Crippen LogP contribution in [0.5, 0.6) is 0 Å². The molecule has 3 nitrogen and oxygen atoms in total. The molecular weight excluding hydrogens is 126 g/mol. The Morgan fingerprint density at radius 1 is 1.40 bits per heavy atom. The zero-order valence-electron chi connectivity index (χ0n) is 5.46. The minimum Gasteiger partial charge on any atom is -0.323 e. The predicted molar refractivity (Wildman–Crippen MR) is 42.1 cm³/mol. The van der Waals surface area contributed by atoms with Crippen molar-refractivity contribution in [1.82, 2.24) is 0 Å². The molecule has 0 saturated heterocycles. The number of rotatable bonds is 2. The molecule has 0 aliphatic rings. The molecule has 1 aromatic rings. The quantitative estimate of drug-likeness (QED) is 0.321. The van der Waals surface area contributed by atoms with Gasteiger partial charge in [0.2, 0.25) is 0 Å². The van der Waals surface area contributed by atoms with Crippen LogP contribution in [0.3, 0.4) is 0 Å². The highest BCUT2D eigenvalue weighted by molar-refractivity contribution is 5.85. The molecule has 0 aliphatic carbocycles. The third-order valence-electron chi connectivity index (χ3n) is 1.27. The van der Waals surface area contributed by atoms with Gasteiger partial charge in [-0.2, -0.15) is 0 Å². The molecule has 0 heterocycles. The van der Waals surface area contributed by atoms with Gasteiger partial charge in [0.05, 0.1) is 5.69 Å². The van der Waals surface area contributed by atoms with E-state index in [-0.39, 0.29) is 0 Å². The van der Waals surface area contributed by atoms with E-state index in [0.717, 1.165) is 11.3 Å². The van der Waals surface area contributed by atoms with Gasteiger partial charge in [0.25, 0.3) is 0 Å². The maximum atomic E-state index is 6.97. The molecule has 10 heavy (non-hydrogen) atoms. The molecule has 0 fully saturated rings. The molecule has 1 aromatic carbocycles. The monoisotopic (exact) mass is 135 g/mol. The topological polar surface area (TPSA) is 61.9 Å². The zero-order valence-corrected chi connectivity index (χ0v) is 5.46. The summed E-state index contributed by atoms with van der Waals surface area (Å²) in [5.74, 6) is 5.17. The Kier molecular flexibility index (Phi) is 2.02. The Hall–Kier alpha value is -1.35. The summed E-state index contributed by atoms with van der Waals surface area (Å²) in [6.45, 7) is 0. The summed E-state index contributed by atoms with van der Waals surface area (Å²) in [6, 6.07) is 7.37. The van der Waals surface area contributed by atoms with E-state index in [4.69, 9.17) is 11.3 Å². The molecule has 0 aromatic heterocycles. The maximum absolute atomic E-state index is 6.97. The number of nitrogens with two attached hydrogens (primary N) is 1. The van der Waals surface area contributed by atoms with Crippen LogP contribution in [-0.2, 0) is 0 Å². The second-order valence-electron chi connectivity index (χ2n) is 1.88. The highest BCUT2D eigenvalue weighted by atomic mass is 15.2. The van der Waals surface area contributed by atoms with Crippen molar-refractivity contribution in [2.75, 3.05) is 5.43 Å². The van der Waals surface area contributed by atoms with Crippen LogP contribution in [0.2, 0.25) is 0 Å². The van der Waals surface area contributed by atoms with Gasteiger partial charge in [0.1, 0.15) is 0 Å². The first kappa shape index (κ1) is 6.77. The Bertz CT molecular complexity index is 232. The SMILES string of the molecule is N=Cc1ccccc1NN. The summed E-state index contributed by atoms with van der Waals surface area (Å²) in [6.07, 6.45) is 1.26. The van der Waals surface area contributed by atoms with Crippen LogP contribution in [0, 0.1) is 5.41 Å². The number of hydrogen-bond donors (Lipinski definition) is 3. The number of para-hydroxylation sites is 1. The van der Waals surface area contributed by atoms with Gasteiger partial charge in [0.15, 0.2) is 0 Å².